The normalized spacial score (nSPS) is 12.2. The lowest BCUT2D eigenvalue weighted by atomic mass is 10.1. The molecule has 75 valence electrons. The van der Waals surface area contributed by atoms with Crippen LogP contribution < -0.4 is 11.1 Å². The van der Waals surface area contributed by atoms with E-state index in [1.165, 1.54) is 0 Å². The number of nitrogens with two attached hydrogens (primary N) is 1. The maximum absolute atomic E-state index is 10.3. The SMILES string of the molecule is [CH2]C(=O)NCCCCC(N)C(=O)O. The van der Waals surface area contributed by atoms with E-state index in [0.717, 1.165) is 6.42 Å². The summed E-state index contributed by atoms with van der Waals surface area (Å²) in [7, 11) is 0. The van der Waals surface area contributed by atoms with Gasteiger partial charge in [-0.3, -0.25) is 9.59 Å². The van der Waals surface area contributed by atoms with E-state index in [0.29, 0.717) is 19.4 Å². The molecule has 5 nitrogen and oxygen atoms in total. The van der Waals surface area contributed by atoms with Crippen molar-refractivity contribution in [1.29, 1.82) is 0 Å². The van der Waals surface area contributed by atoms with E-state index in [-0.39, 0.29) is 5.91 Å². The van der Waals surface area contributed by atoms with Crippen LogP contribution in [-0.2, 0) is 9.59 Å². The van der Waals surface area contributed by atoms with Gasteiger partial charge in [-0.25, -0.2) is 0 Å². The Hall–Kier alpha value is -1.10. The largest absolute Gasteiger partial charge is 0.480 e. The molecule has 0 bridgehead atoms. The van der Waals surface area contributed by atoms with Gasteiger partial charge in [0.25, 0.3) is 0 Å². The first-order valence-corrected chi connectivity index (χ1v) is 4.12. The van der Waals surface area contributed by atoms with Crippen molar-refractivity contribution >= 4 is 11.9 Å². The third-order valence-corrected chi connectivity index (χ3v) is 1.58. The molecule has 0 saturated carbocycles. The minimum Gasteiger partial charge on any atom is -0.480 e. The predicted molar refractivity (Wildman–Crippen MR) is 47.8 cm³/mol. The molecule has 1 atom stereocenters. The fourth-order valence-corrected chi connectivity index (χ4v) is 0.841. The lowest BCUT2D eigenvalue weighted by molar-refractivity contribution is -0.138. The second-order valence-corrected chi connectivity index (χ2v) is 2.79. The van der Waals surface area contributed by atoms with Gasteiger partial charge in [-0.05, 0) is 19.3 Å². The van der Waals surface area contributed by atoms with Gasteiger partial charge in [-0.1, -0.05) is 0 Å². The second kappa shape index (κ2) is 6.42. The molecule has 5 heteroatoms. The maximum Gasteiger partial charge on any atom is 0.320 e. The van der Waals surface area contributed by atoms with Crippen LogP contribution in [0.1, 0.15) is 19.3 Å². The summed E-state index contributed by atoms with van der Waals surface area (Å²) in [5.74, 6) is -1.30. The average Bonchev–Trinajstić information content (AvgIpc) is 2.02. The van der Waals surface area contributed by atoms with Crippen LogP contribution in [0.3, 0.4) is 0 Å². The van der Waals surface area contributed by atoms with Gasteiger partial charge >= 0.3 is 5.97 Å². The van der Waals surface area contributed by atoms with Gasteiger partial charge in [-0.15, -0.1) is 0 Å². The summed E-state index contributed by atoms with van der Waals surface area (Å²) in [4.78, 5) is 20.6. The molecule has 0 heterocycles. The third kappa shape index (κ3) is 7.27. The fourth-order valence-electron chi connectivity index (χ4n) is 0.841. The summed E-state index contributed by atoms with van der Waals surface area (Å²) in [5, 5.41) is 10.9. The highest BCUT2D eigenvalue weighted by atomic mass is 16.4. The van der Waals surface area contributed by atoms with Gasteiger partial charge in [0.05, 0.1) is 0 Å². The molecular formula is C8H15N2O3. The van der Waals surface area contributed by atoms with E-state index in [1.807, 2.05) is 0 Å². The Kier molecular flexibility index (Phi) is 5.88. The van der Waals surface area contributed by atoms with Crippen molar-refractivity contribution in [3.05, 3.63) is 6.92 Å². The van der Waals surface area contributed by atoms with Crippen molar-refractivity contribution in [2.24, 2.45) is 5.73 Å². The summed E-state index contributed by atoms with van der Waals surface area (Å²) < 4.78 is 0. The minimum absolute atomic E-state index is 0.317. The van der Waals surface area contributed by atoms with E-state index >= 15 is 0 Å². The van der Waals surface area contributed by atoms with Gasteiger partial charge in [0.1, 0.15) is 6.04 Å². The van der Waals surface area contributed by atoms with Crippen LogP contribution in [0.15, 0.2) is 0 Å². The first kappa shape index (κ1) is 11.9. The van der Waals surface area contributed by atoms with Gasteiger partial charge < -0.3 is 16.2 Å². The zero-order valence-electron chi connectivity index (χ0n) is 7.45. The van der Waals surface area contributed by atoms with Crippen LogP contribution in [0.25, 0.3) is 0 Å². The van der Waals surface area contributed by atoms with Crippen molar-refractivity contribution in [2.75, 3.05) is 6.54 Å². The molecule has 0 aromatic heterocycles. The molecule has 0 spiro atoms. The quantitative estimate of drug-likeness (QED) is 0.489. The Morgan fingerprint density at radius 2 is 2.08 bits per heavy atom. The van der Waals surface area contributed by atoms with Crippen LogP contribution >= 0.6 is 0 Å². The van der Waals surface area contributed by atoms with Crippen LogP contribution in [0.5, 0.6) is 0 Å². The molecule has 0 saturated heterocycles. The number of carboxylic acids is 1. The molecule has 4 N–H and O–H groups in total. The van der Waals surface area contributed by atoms with Gasteiger partial charge in [-0.2, -0.15) is 0 Å². The van der Waals surface area contributed by atoms with E-state index in [1.54, 1.807) is 0 Å². The molecule has 0 aliphatic carbocycles. The molecule has 1 unspecified atom stereocenters. The lowest BCUT2D eigenvalue weighted by Gasteiger charge is -2.05. The average molecular weight is 187 g/mol. The Balaban J connectivity index is 3.26. The Morgan fingerprint density at radius 1 is 1.46 bits per heavy atom. The van der Waals surface area contributed by atoms with Crippen LogP contribution in [0.4, 0.5) is 0 Å². The molecule has 0 aromatic rings. The number of hydrogen-bond donors (Lipinski definition) is 3. The first-order valence-electron chi connectivity index (χ1n) is 4.12. The smallest absolute Gasteiger partial charge is 0.320 e. The number of rotatable bonds is 6. The Bertz CT molecular complexity index is 182. The molecule has 1 amide bonds. The Labute approximate surface area is 77.3 Å². The van der Waals surface area contributed by atoms with Gasteiger partial charge in [0, 0.05) is 13.5 Å². The van der Waals surface area contributed by atoms with Crippen LogP contribution in [0, 0.1) is 6.92 Å². The number of aliphatic carboxylic acids is 1. The lowest BCUT2D eigenvalue weighted by Crippen LogP contribution is -2.30. The first-order chi connectivity index (χ1) is 6.04. The van der Waals surface area contributed by atoms with Gasteiger partial charge in [0.15, 0.2) is 0 Å². The monoisotopic (exact) mass is 187 g/mol. The molecule has 13 heavy (non-hydrogen) atoms. The van der Waals surface area contributed by atoms with E-state index in [2.05, 4.69) is 12.2 Å². The fraction of sp³-hybridized carbons (Fsp3) is 0.625. The van der Waals surface area contributed by atoms with Crippen molar-refractivity contribution in [3.63, 3.8) is 0 Å². The molecule has 1 radical (unpaired) electrons. The summed E-state index contributed by atoms with van der Waals surface area (Å²) in [5.41, 5.74) is 5.26. The molecular weight excluding hydrogens is 172 g/mol. The number of carbonyl (C=O) groups excluding carboxylic acids is 1. The molecule has 0 aromatic carbocycles. The number of carboxylic acid groups (broad SMARTS) is 1. The van der Waals surface area contributed by atoms with Crippen molar-refractivity contribution in [3.8, 4) is 0 Å². The number of hydrogen-bond acceptors (Lipinski definition) is 3. The van der Waals surface area contributed by atoms with Crippen molar-refractivity contribution in [1.82, 2.24) is 5.32 Å². The van der Waals surface area contributed by atoms with E-state index < -0.39 is 12.0 Å². The van der Waals surface area contributed by atoms with Crippen molar-refractivity contribution in [2.45, 2.75) is 25.3 Å². The summed E-state index contributed by atoms with van der Waals surface area (Å²) in [6.07, 6.45) is 1.85. The number of amides is 1. The second-order valence-electron chi connectivity index (χ2n) is 2.79. The summed E-state index contributed by atoms with van der Waals surface area (Å²) in [6.45, 7) is 3.65. The standard InChI is InChI=1S/C8H15N2O3/c1-6(11)10-5-3-2-4-7(9)8(12)13/h7H,1-5,9H2,(H,10,11)(H,12,13). The number of unbranched alkanes of at least 4 members (excludes halogenated alkanes) is 1. The minimum atomic E-state index is -0.985. The third-order valence-electron chi connectivity index (χ3n) is 1.58. The van der Waals surface area contributed by atoms with Crippen LogP contribution in [-0.4, -0.2) is 29.6 Å². The molecule has 0 rings (SSSR count). The highest BCUT2D eigenvalue weighted by Gasteiger charge is 2.09. The zero-order valence-corrected chi connectivity index (χ0v) is 7.45. The topological polar surface area (TPSA) is 92.4 Å². The Morgan fingerprint density at radius 3 is 2.54 bits per heavy atom. The van der Waals surface area contributed by atoms with Crippen LogP contribution in [0.2, 0.25) is 0 Å². The molecule has 0 aliphatic rings. The van der Waals surface area contributed by atoms with Gasteiger partial charge in [0.2, 0.25) is 5.91 Å². The van der Waals surface area contributed by atoms with E-state index in [9.17, 15) is 9.59 Å². The summed E-state index contributed by atoms with van der Waals surface area (Å²) in [6, 6.07) is -0.796. The van der Waals surface area contributed by atoms with E-state index in [4.69, 9.17) is 10.8 Å². The maximum atomic E-state index is 10.3. The highest BCUT2D eigenvalue weighted by Crippen LogP contribution is 1.97. The number of nitrogens with one attached hydrogen (secondary N) is 1. The highest BCUT2D eigenvalue weighted by molar-refractivity contribution is 5.79. The van der Waals surface area contributed by atoms with Crippen molar-refractivity contribution < 1.29 is 14.7 Å². The zero-order chi connectivity index (χ0) is 10.3. The predicted octanol–water partition coefficient (Wildman–Crippen LogP) is -0.481. The number of carbonyl (C=O) groups is 2. The summed E-state index contributed by atoms with van der Waals surface area (Å²) >= 11 is 0. The molecule has 0 aliphatic heterocycles. The molecule has 0 fully saturated rings.